The number of benzene rings is 2. The molecule has 12 nitrogen and oxygen atoms in total. The number of ketones is 1. The SMILES string of the molecule is CC(=O)O[C@@H]1[C@@H](OC(C)=O)[C@H](Oc2ccc(C(=O)c3cccc([N+](=O)[O-])c3)cc2)OC[C@H]1OC(C)=O. The molecule has 2 aromatic rings. The van der Waals surface area contributed by atoms with E-state index in [1.165, 1.54) is 55.5 Å². The quantitative estimate of drug-likeness (QED) is 0.172. The van der Waals surface area contributed by atoms with Crippen molar-refractivity contribution in [1.29, 1.82) is 0 Å². The van der Waals surface area contributed by atoms with Crippen LogP contribution in [-0.2, 0) is 33.3 Å². The molecule has 1 fully saturated rings. The van der Waals surface area contributed by atoms with Crippen molar-refractivity contribution < 1.29 is 47.8 Å². The highest BCUT2D eigenvalue weighted by Crippen LogP contribution is 2.27. The Labute approximate surface area is 205 Å². The highest BCUT2D eigenvalue weighted by Gasteiger charge is 2.48. The third-order valence-corrected chi connectivity index (χ3v) is 4.99. The molecule has 0 unspecified atom stereocenters. The van der Waals surface area contributed by atoms with Crippen molar-refractivity contribution in [1.82, 2.24) is 0 Å². The number of hydrogen-bond acceptors (Lipinski definition) is 11. The normalized spacial score (nSPS) is 21.1. The van der Waals surface area contributed by atoms with E-state index in [9.17, 15) is 29.3 Å². The van der Waals surface area contributed by atoms with E-state index >= 15 is 0 Å². The molecule has 1 aliphatic rings. The van der Waals surface area contributed by atoms with Gasteiger partial charge in [-0.1, -0.05) is 12.1 Å². The van der Waals surface area contributed by atoms with Gasteiger partial charge < -0.3 is 23.7 Å². The van der Waals surface area contributed by atoms with Crippen molar-refractivity contribution >= 4 is 29.4 Å². The Bertz CT molecular complexity index is 1160. The van der Waals surface area contributed by atoms with Crippen LogP contribution in [0.25, 0.3) is 0 Å². The molecule has 2 aromatic carbocycles. The van der Waals surface area contributed by atoms with Crippen molar-refractivity contribution in [3.63, 3.8) is 0 Å². The number of non-ortho nitro benzene ring substituents is 1. The monoisotopic (exact) mass is 501 g/mol. The van der Waals surface area contributed by atoms with E-state index in [-0.39, 0.29) is 29.2 Å². The summed E-state index contributed by atoms with van der Waals surface area (Å²) in [6.45, 7) is 3.26. The lowest BCUT2D eigenvalue weighted by Gasteiger charge is -2.40. The first kappa shape index (κ1) is 26.3. The maximum Gasteiger partial charge on any atom is 0.303 e. The molecule has 0 spiro atoms. The minimum atomic E-state index is -1.27. The molecule has 0 bridgehead atoms. The fourth-order valence-electron chi connectivity index (χ4n) is 3.56. The van der Waals surface area contributed by atoms with Gasteiger partial charge in [0.2, 0.25) is 12.4 Å². The summed E-state index contributed by atoms with van der Waals surface area (Å²) in [4.78, 5) is 58.0. The molecule has 3 rings (SSSR count). The van der Waals surface area contributed by atoms with Crippen molar-refractivity contribution in [2.24, 2.45) is 0 Å². The van der Waals surface area contributed by atoms with Crippen LogP contribution in [0.4, 0.5) is 5.69 Å². The van der Waals surface area contributed by atoms with Gasteiger partial charge in [0.25, 0.3) is 5.69 Å². The second kappa shape index (κ2) is 11.4. The smallest absolute Gasteiger partial charge is 0.303 e. The second-order valence-corrected chi connectivity index (χ2v) is 7.78. The summed E-state index contributed by atoms with van der Waals surface area (Å²) in [7, 11) is 0. The van der Waals surface area contributed by atoms with Gasteiger partial charge in [0.15, 0.2) is 18.0 Å². The van der Waals surface area contributed by atoms with Crippen molar-refractivity contribution in [2.75, 3.05) is 6.61 Å². The first-order valence-electron chi connectivity index (χ1n) is 10.7. The predicted molar refractivity (Wildman–Crippen MR) is 120 cm³/mol. The molecule has 0 aromatic heterocycles. The number of esters is 3. The van der Waals surface area contributed by atoms with Crippen LogP contribution >= 0.6 is 0 Å². The standard InChI is InChI=1S/C24H23NO11/c1-13(26)33-20-12-32-24(23(35-15(3)28)22(20)34-14(2)27)36-19-9-7-16(8-10-19)21(29)17-5-4-6-18(11-17)25(30)31/h4-11,20,22-24H,12H2,1-3H3/t20-,22+,23-,24+/m1/s1. The van der Waals surface area contributed by atoms with E-state index in [2.05, 4.69) is 0 Å². The number of hydrogen-bond donors (Lipinski definition) is 0. The van der Waals surface area contributed by atoms with Gasteiger partial charge in [0.1, 0.15) is 5.75 Å². The van der Waals surface area contributed by atoms with Crippen LogP contribution < -0.4 is 4.74 Å². The molecule has 0 aliphatic carbocycles. The van der Waals surface area contributed by atoms with Crippen LogP contribution in [-0.4, -0.2) is 59.8 Å². The Kier molecular flexibility index (Phi) is 8.33. The van der Waals surface area contributed by atoms with E-state index < -0.39 is 53.2 Å². The number of ether oxygens (including phenoxy) is 5. The summed E-state index contributed by atoms with van der Waals surface area (Å²) in [5.74, 6) is -2.27. The van der Waals surface area contributed by atoms with Gasteiger partial charge in [-0.25, -0.2) is 0 Å². The van der Waals surface area contributed by atoms with Crippen LogP contribution in [0, 0.1) is 10.1 Å². The fraction of sp³-hybridized carbons (Fsp3) is 0.333. The maximum absolute atomic E-state index is 12.7. The van der Waals surface area contributed by atoms with Gasteiger partial charge in [-0.15, -0.1) is 0 Å². The van der Waals surface area contributed by atoms with Crippen molar-refractivity contribution in [2.45, 2.75) is 45.4 Å². The highest BCUT2D eigenvalue weighted by atomic mass is 16.7. The lowest BCUT2D eigenvalue weighted by Crippen LogP contribution is -2.59. The zero-order valence-electron chi connectivity index (χ0n) is 19.6. The lowest BCUT2D eigenvalue weighted by molar-refractivity contribution is -0.384. The number of rotatable bonds is 8. The molecule has 0 radical (unpaired) electrons. The maximum atomic E-state index is 12.7. The minimum Gasteiger partial charge on any atom is -0.461 e. The van der Waals surface area contributed by atoms with Crippen LogP contribution in [0.5, 0.6) is 5.75 Å². The van der Waals surface area contributed by atoms with Crippen LogP contribution in [0.3, 0.4) is 0 Å². The molecule has 1 aliphatic heterocycles. The lowest BCUT2D eigenvalue weighted by atomic mass is 10.0. The van der Waals surface area contributed by atoms with Crippen molar-refractivity contribution in [3.8, 4) is 5.75 Å². The van der Waals surface area contributed by atoms with E-state index in [0.717, 1.165) is 13.8 Å². The topological polar surface area (TPSA) is 158 Å². The number of nitro groups is 1. The Balaban J connectivity index is 1.79. The molecular weight excluding hydrogens is 478 g/mol. The van der Waals surface area contributed by atoms with E-state index in [1.807, 2.05) is 0 Å². The van der Waals surface area contributed by atoms with Crippen LogP contribution in [0.2, 0.25) is 0 Å². The van der Waals surface area contributed by atoms with Gasteiger partial charge in [-0.2, -0.15) is 0 Å². The highest BCUT2D eigenvalue weighted by molar-refractivity contribution is 6.09. The van der Waals surface area contributed by atoms with E-state index in [0.29, 0.717) is 0 Å². The molecule has 0 N–H and O–H groups in total. The average Bonchev–Trinajstić information content (AvgIpc) is 2.82. The molecule has 190 valence electrons. The molecule has 4 atom stereocenters. The average molecular weight is 501 g/mol. The van der Waals surface area contributed by atoms with Gasteiger partial charge in [-0.3, -0.25) is 29.3 Å². The largest absolute Gasteiger partial charge is 0.461 e. The molecule has 0 saturated carbocycles. The summed E-state index contributed by atoms with van der Waals surface area (Å²) in [5.41, 5.74) is 0.182. The fourth-order valence-corrected chi connectivity index (χ4v) is 3.56. The third kappa shape index (κ3) is 6.63. The zero-order valence-corrected chi connectivity index (χ0v) is 19.6. The number of carbonyl (C=O) groups is 4. The van der Waals surface area contributed by atoms with Crippen LogP contribution in [0.1, 0.15) is 36.7 Å². The number of nitrogens with zero attached hydrogens (tertiary/aromatic N) is 1. The van der Waals surface area contributed by atoms with Crippen molar-refractivity contribution in [3.05, 3.63) is 69.8 Å². The van der Waals surface area contributed by atoms with E-state index in [1.54, 1.807) is 0 Å². The van der Waals surface area contributed by atoms with E-state index in [4.69, 9.17) is 23.7 Å². The van der Waals surface area contributed by atoms with Crippen LogP contribution in [0.15, 0.2) is 48.5 Å². The Morgan fingerprint density at radius 1 is 0.861 bits per heavy atom. The first-order chi connectivity index (χ1) is 17.0. The van der Waals surface area contributed by atoms with Gasteiger partial charge in [0, 0.05) is 44.0 Å². The summed E-state index contributed by atoms with van der Waals surface area (Å²) in [6, 6.07) is 11.2. The second-order valence-electron chi connectivity index (χ2n) is 7.78. The minimum absolute atomic E-state index is 0.143. The Morgan fingerprint density at radius 2 is 1.47 bits per heavy atom. The molecular formula is C24H23NO11. The molecule has 0 amide bonds. The summed E-state index contributed by atoms with van der Waals surface area (Å²) in [6.07, 6.45) is -4.73. The molecule has 1 saturated heterocycles. The molecule has 1 heterocycles. The molecule has 36 heavy (non-hydrogen) atoms. The van der Waals surface area contributed by atoms with Gasteiger partial charge >= 0.3 is 17.9 Å². The first-order valence-corrected chi connectivity index (χ1v) is 10.7. The zero-order chi connectivity index (χ0) is 26.4. The van der Waals surface area contributed by atoms with Gasteiger partial charge in [0.05, 0.1) is 11.5 Å². The third-order valence-electron chi connectivity index (χ3n) is 4.99. The number of carbonyl (C=O) groups excluding carboxylic acids is 4. The summed E-state index contributed by atoms with van der Waals surface area (Å²) < 4.78 is 27.1. The Morgan fingerprint density at radius 3 is 2.06 bits per heavy atom. The molecule has 12 heteroatoms. The number of nitro benzene ring substituents is 1. The summed E-state index contributed by atoms with van der Waals surface area (Å²) in [5, 5.41) is 11.0. The summed E-state index contributed by atoms with van der Waals surface area (Å²) >= 11 is 0. The Hall–Kier alpha value is -4.32. The van der Waals surface area contributed by atoms with Gasteiger partial charge in [-0.05, 0) is 24.3 Å². The predicted octanol–water partition coefficient (Wildman–Crippen LogP) is 2.36.